The van der Waals surface area contributed by atoms with Crippen LogP contribution in [0.15, 0.2) is 24.3 Å². The van der Waals surface area contributed by atoms with Crippen LogP contribution in [0.5, 0.6) is 0 Å². The van der Waals surface area contributed by atoms with Crippen molar-refractivity contribution >= 4 is 10.9 Å². The maximum absolute atomic E-state index is 10.5. The van der Waals surface area contributed by atoms with Crippen LogP contribution in [-0.2, 0) is 11.2 Å². The first kappa shape index (κ1) is 18.3. The van der Waals surface area contributed by atoms with Gasteiger partial charge in [-0.05, 0) is 55.1 Å². The number of aromatic nitrogens is 1. The Bertz CT molecular complexity index is 840. The highest BCUT2D eigenvalue weighted by molar-refractivity contribution is 5.84. The van der Waals surface area contributed by atoms with Crippen LogP contribution in [0.3, 0.4) is 0 Å². The van der Waals surface area contributed by atoms with Crippen LogP contribution in [0, 0.1) is 29.2 Å². The van der Waals surface area contributed by atoms with Crippen LogP contribution in [0.1, 0.15) is 43.5 Å². The van der Waals surface area contributed by atoms with E-state index in [1.165, 1.54) is 10.9 Å². The zero-order valence-corrected chi connectivity index (χ0v) is 16.2. The molecule has 1 aliphatic carbocycles. The molecular weight excluding hydrogens is 338 g/mol. The van der Waals surface area contributed by atoms with E-state index in [1.54, 1.807) is 7.11 Å². The summed E-state index contributed by atoms with van der Waals surface area (Å²) >= 11 is 0. The third kappa shape index (κ3) is 3.33. The summed E-state index contributed by atoms with van der Waals surface area (Å²) in [6, 6.07) is 8.36. The molecule has 2 aliphatic rings. The topological polar surface area (TPSA) is 72.3 Å². The smallest absolute Gasteiger partial charge is 0.179 e. The summed E-state index contributed by atoms with van der Waals surface area (Å²) in [7, 11) is 1.78. The molecule has 27 heavy (non-hydrogen) atoms. The Morgan fingerprint density at radius 1 is 1.30 bits per heavy atom. The molecule has 0 radical (unpaired) electrons. The third-order valence-electron chi connectivity index (χ3n) is 6.89. The van der Waals surface area contributed by atoms with E-state index >= 15 is 0 Å². The second-order valence-corrected chi connectivity index (χ2v) is 8.25. The number of rotatable bonds is 1. The molecular formula is C22H29N3O2. The fourth-order valence-corrected chi connectivity index (χ4v) is 5.27. The number of fused-ring (bicyclic) bond motifs is 4. The Labute approximate surface area is 160 Å². The number of nitriles is 1. The van der Waals surface area contributed by atoms with Crippen LogP contribution in [0.4, 0.5) is 0 Å². The summed E-state index contributed by atoms with van der Waals surface area (Å²) in [5.74, 6) is 0.979. The lowest BCUT2D eigenvalue weighted by atomic mass is 9.68. The van der Waals surface area contributed by atoms with Crippen molar-refractivity contribution < 1.29 is 9.84 Å². The van der Waals surface area contributed by atoms with E-state index in [-0.39, 0.29) is 18.1 Å². The van der Waals surface area contributed by atoms with Gasteiger partial charge in [-0.3, -0.25) is 0 Å². The number of hydrogen-bond acceptors (Lipinski definition) is 4. The molecule has 1 saturated carbocycles. The van der Waals surface area contributed by atoms with Gasteiger partial charge in [0.05, 0.1) is 12.2 Å². The number of aliphatic hydroxyl groups excluding tert-OH is 1. The Balaban J connectivity index is 1.78. The van der Waals surface area contributed by atoms with Crippen LogP contribution in [-0.4, -0.2) is 41.3 Å². The van der Waals surface area contributed by atoms with E-state index < -0.39 is 0 Å². The largest absolute Gasteiger partial charge is 0.393 e. The molecule has 1 fully saturated rings. The molecule has 2 N–H and O–H groups in total. The number of nitrogens with zero attached hydrogens (tertiary/aromatic N) is 2. The zero-order chi connectivity index (χ0) is 19.0. The van der Waals surface area contributed by atoms with Crippen molar-refractivity contribution in [2.24, 2.45) is 17.8 Å². The number of benzene rings is 1. The van der Waals surface area contributed by atoms with Gasteiger partial charge in [0.2, 0.25) is 0 Å². The molecule has 0 spiro atoms. The first-order valence-corrected chi connectivity index (χ1v) is 10.1. The standard InChI is InChI=1S/C22H29N3O2/c1-14-18-11-21(27-2)22-17(16-5-3-4-6-19(16)24-22)9-10-25(13-23)12-15(18)7-8-20(14)26/h3-6,14-15,18,20-21,24,26H,7-12H2,1-2H3/t14-,15+,18?,20+,21-/m1/s1. The van der Waals surface area contributed by atoms with Gasteiger partial charge in [0.15, 0.2) is 6.19 Å². The highest BCUT2D eigenvalue weighted by atomic mass is 16.5. The van der Waals surface area contributed by atoms with Crippen molar-refractivity contribution in [2.45, 2.75) is 44.8 Å². The molecule has 0 amide bonds. The van der Waals surface area contributed by atoms with Gasteiger partial charge in [-0.2, -0.15) is 5.26 Å². The van der Waals surface area contributed by atoms with Gasteiger partial charge in [-0.25, -0.2) is 0 Å². The first-order chi connectivity index (χ1) is 13.1. The van der Waals surface area contributed by atoms with E-state index in [0.717, 1.165) is 50.0 Å². The van der Waals surface area contributed by atoms with E-state index in [9.17, 15) is 10.4 Å². The summed E-state index contributed by atoms with van der Waals surface area (Å²) in [6.07, 6.45) is 5.65. The molecule has 4 rings (SSSR count). The Morgan fingerprint density at radius 3 is 2.89 bits per heavy atom. The Kier molecular flexibility index (Phi) is 5.12. The number of nitrogens with one attached hydrogen (secondary N) is 1. The molecule has 1 aromatic carbocycles. The lowest BCUT2D eigenvalue weighted by Gasteiger charge is -2.42. The molecule has 0 saturated heterocycles. The van der Waals surface area contributed by atoms with E-state index in [2.05, 4.69) is 36.3 Å². The van der Waals surface area contributed by atoms with Gasteiger partial charge in [0.1, 0.15) is 0 Å². The van der Waals surface area contributed by atoms with Crippen molar-refractivity contribution in [3.05, 3.63) is 35.5 Å². The van der Waals surface area contributed by atoms with Crippen molar-refractivity contribution in [1.29, 1.82) is 5.26 Å². The highest BCUT2D eigenvalue weighted by Crippen LogP contribution is 2.43. The van der Waals surface area contributed by atoms with Gasteiger partial charge in [-0.1, -0.05) is 25.1 Å². The SMILES string of the molecule is CO[C@@H]1CC2[C@@H](CC[C@H](O)[C@@H]2C)CN(C#N)CCc2c1[nH]c1ccccc21. The molecule has 5 atom stereocenters. The highest BCUT2D eigenvalue weighted by Gasteiger charge is 2.39. The first-order valence-electron chi connectivity index (χ1n) is 10.1. The normalized spacial score (nSPS) is 31.8. The third-order valence-corrected chi connectivity index (χ3v) is 6.89. The van der Waals surface area contributed by atoms with Gasteiger partial charge in [-0.15, -0.1) is 0 Å². The van der Waals surface area contributed by atoms with E-state index in [1.807, 2.05) is 11.0 Å². The predicted octanol–water partition coefficient (Wildman–Crippen LogP) is 3.61. The second kappa shape index (κ2) is 7.53. The van der Waals surface area contributed by atoms with E-state index in [0.29, 0.717) is 11.8 Å². The Morgan fingerprint density at radius 2 is 2.11 bits per heavy atom. The van der Waals surface area contributed by atoms with Gasteiger partial charge in [0.25, 0.3) is 0 Å². The minimum atomic E-state index is -0.260. The number of hydrogen-bond donors (Lipinski definition) is 2. The van der Waals surface area contributed by atoms with Gasteiger partial charge >= 0.3 is 0 Å². The van der Waals surface area contributed by atoms with Crippen molar-refractivity contribution in [2.75, 3.05) is 20.2 Å². The fraction of sp³-hybridized carbons (Fsp3) is 0.591. The van der Waals surface area contributed by atoms with Crippen LogP contribution < -0.4 is 0 Å². The summed E-state index contributed by atoms with van der Waals surface area (Å²) in [5.41, 5.74) is 3.53. The number of methoxy groups -OCH3 is 1. The molecule has 1 aromatic heterocycles. The lowest BCUT2D eigenvalue weighted by molar-refractivity contribution is -0.0263. The number of H-pyrrole nitrogens is 1. The number of aliphatic hydroxyl groups is 1. The molecule has 1 unspecified atom stereocenters. The molecule has 0 bridgehead atoms. The number of aromatic amines is 1. The fourth-order valence-electron chi connectivity index (χ4n) is 5.27. The molecule has 2 heterocycles. The quantitative estimate of drug-likeness (QED) is 0.755. The molecule has 1 aliphatic heterocycles. The molecule has 5 nitrogen and oxygen atoms in total. The summed E-state index contributed by atoms with van der Waals surface area (Å²) in [5, 5.41) is 21.4. The predicted molar refractivity (Wildman–Crippen MR) is 105 cm³/mol. The van der Waals surface area contributed by atoms with Crippen LogP contribution in [0.2, 0.25) is 0 Å². The van der Waals surface area contributed by atoms with Crippen molar-refractivity contribution in [3.63, 3.8) is 0 Å². The molecule has 144 valence electrons. The van der Waals surface area contributed by atoms with Crippen molar-refractivity contribution in [3.8, 4) is 6.19 Å². The average molecular weight is 367 g/mol. The monoisotopic (exact) mass is 367 g/mol. The van der Waals surface area contributed by atoms with E-state index in [4.69, 9.17) is 4.74 Å². The maximum atomic E-state index is 10.5. The summed E-state index contributed by atoms with van der Waals surface area (Å²) in [6.45, 7) is 3.66. The average Bonchev–Trinajstić information content (AvgIpc) is 3.06. The number of para-hydroxylation sites is 1. The minimum absolute atomic E-state index is 0.0127. The minimum Gasteiger partial charge on any atom is -0.393 e. The van der Waals surface area contributed by atoms with Crippen LogP contribution in [0.25, 0.3) is 10.9 Å². The maximum Gasteiger partial charge on any atom is 0.179 e. The van der Waals surface area contributed by atoms with Gasteiger partial charge in [0, 0.05) is 36.8 Å². The summed E-state index contributed by atoms with van der Waals surface area (Å²) in [4.78, 5) is 5.52. The van der Waals surface area contributed by atoms with Crippen LogP contribution >= 0.6 is 0 Å². The Hall–Kier alpha value is -2.03. The number of ether oxygens (including phenoxy) is 1. The summed E-state index contributed by atoms with van der Waals surface area (Å²) < 4.78 is 5.97. The van der Waals surface area contributed by atoms with Gasteiger partial charge < -0.3 is 19.7 Å². The zero-order valence-electron chi connectivity index (χ0n) is 16.2. The lowest BCUT2D eigenvalue weighted by Crippen LogP contribution is -2.42. The van der Waals surface area contributed by atoms with Crippen molar-refractivity contribution in [1.82, 2.24) is 9.88 Å². The second-order valence-electron chi connectivity index (χ2n) is 8.25. The molecule has 5 heteroatoms. The molecule has 2 aromatic rings.